The molecule has 0 bridgehead atoms. The average Bonchev–Trinajstić information content (AvgIpc) is 3.05. The third kappa shape index (κ3) is 2.50. The van der Waals surface area contributed by atoms with E-state index in [1.165, 1.54) is 0 Å². The van der Waals surface area contributed by atoms with Crippen molar-refractivity contribution in [2.45, 2.75) is 17.4 Å². The summed E-state index contributed by atoms with van der Waals surface area (Å²) >= 11 is 1.04. The van der Waals surface area contributed by atoms with E-state index in [4.69, 9.17) is 13.6 Å². The van der Waals surface area contributed by atoms with Crippen LogP contribution in [0.5, 0.6) is 0 Å². The monoisotopic (exact) mass is 291 g/mol. The minimum absolute atomic E-state index is 0.166. The maximum atomic E-state index is 11.4. The summed E-state index contributed by atoms with van der Waals surface area (Å²) in [5.41, 5.74) is 1.40. The lowest BCUT2D eigenvalue weighted by Gasteiger charge is -1.93. The first-order valence-electron chi connectivity index (χ1n) is 5.80. The van der Waals surface area contributed by atoms with Gasteiger partial charge in [0, 0.05) is 11.8 Å². The van der Waals surface area contributed by atoms with Crippen molar-refractivity contribution in [3.63, 3.8) is 0 Å². The van der Waals surface area contributed by atoms with Crippen molar-refractivity contribution < 1.29 is 18.4 Å². The van der Waals surface area contributed by atoms with Gasteiger partial charge in [-0.05, 0) is 19.1 Å². The Morgan fingerprint density at radius 1 is 1.25 bits per heavy atom. The second-order valence-corrected chi connectivity index (χ2v) is 4.55. The molecule has 0 N–H and O–H groups in total. The van der Waals surface area contributed by atoms with E-state index >= 15 is 0 Å². The fraction of sp³-hybridized carbons (Fsp3) is 0.167. The van der Waals surface area contributed by atoms with Crippen LogP contribution in [0.25, 0.3) is 11.1 Å². The van der Waals surface area contributed by atoms with Crippen LogP contribution in [0.3, 0.4) is 0 Å². The molecular formula is C12H9N3O4S. The van der Waals surface area contributed by atoms with Gasteiger partial charge >= 0.3 is 11.9 Å². The van der Waals surface area contributed by atoms with Gasteiger partial charge in [0.05, 0.1) is 6.61 Å². The zero-order chi connectivity index (χ0) is 13.9. The van der Waals surface area contributed by atoms with Gasteiger partial charge in [0.2, 0.25) is 0 Å². The Morgan fingerprint density at radius 3 is 2.90 bits per heavy atom. The molecule has 3 rings (SSSR count). The summed E-state index contributed by atoms with van der Waals surface area (Å²) in [4.78, 5) is 15.6. The minimum Gasteiger partial charge on any atom is -0.459 e. The largest absolute Gasteiger partial charge is 0.459 e. The van der Waals surface area contributed by atoms with Gasteiger partial charge in [0.15, 0.2) is 5.58 Å². The highest BCUT2D eigenvalue weighted by Gasteiger charge is 2.18. The molecule has 2 aromatic heterocycles. The van der Waals surface area contributed by atoms with Crippen molar-refractivity contribution >= 4 is 28.8 Å². The molecule has 0 amide bonds. The summed E-state index contributed by atoms with van der Waals surface area (Å²) in [6, 6.07) is 7.36. The van der Waals surface area contributed by atoms with Crippen LogP contribution in [-0.4, -0.2) is 27.8 Å². The first kappa shape index (κ1) is 12.7. The number of ether oxygens (including phenoxy) is 1. The van der Waals surface area contributed by atoms with Gasteiger partial charge in [-0.25, -0.2) is 9.78 Å². The first-order chi connectivity index (χ1) is 9.76. The van der Waals surface area contributed by atoms with E-state index in [0.29, 0.717) is 10.8 Å². The van der Waals surface area contributed by atoms with Crippen LogP contribution in [0.15, 0.2) is 43.5 Å². The number of rotatable bonds is 4. The zero-order valence-corrected chi connectivity index (χ0v) is 11.2. The lowest BCUT2D eigenvalue weighted by molar-refractivity contribution is 0.0475. The van der Waals surface area contributed by atoms with Crippen LogP contribution < -0.4 is 0 Å². The maximum absolute atomic E-state index is 11.4. The lowest BCUT2D eigenvalue weighted by atomic mass is 10.3. The van der Waals surface area contributed by atoms with Crippen LogP contribution in [0.4, 0.5) is 0 Å². The molecule has 0 spiro atoms. The van der Waals surface area contributed by atoms with E-state index in [0.717, 1.165) is 17.3 Å². The van der Waals surface area contributed by atoms with E-state index in [2.05, 4.69) is 15.2 Å². The molecule has 0 unspecified atom stereocenters. The smallest absolute Gasteiger partial charge is 0.396 e. The van der Waals surface area contributed by atoms with Crippen molar-refractivity contribution in [1.29, 1.82) is 0 Å². The predicted molar refractivity (Wildman–Crippen MR) is 68.4 cm³/mol. The molecule has 0 fully saturated rings. The minimum atomic E-state index is -0.649. The summed E-state index contributed by atoms with van der Waals surface area (Å²) in [6.07, 6.45) is 0. The van der Waals surface area contributed by atoms with Gasteiger partial charge in [0.1, 0.15) is 5.52 Å². The van der Waals surface area contributed by atoms with Crippen molar-refractivity contribution in [3.8, 4) is 0 Å². The zero-order valence-electron chi connectivity index (χ0n) is 10.4. The topological polar surface area (TPSA) is 91.2 Å². The lowest BCUT2D eigenvalue weighted by Crippen LogP contribution is -2.04. The fourth-order valence-corrected chi connectivity index (χ4v) is 2.12. The molecule has 1 aromatic carbocycles. The fourth-order valence-electron chi connectivity index (χ4n) is 1.50. The molecule has 8 heteroatoms. The predicted octanol–water partition coefficient (Wildman–Crippen LogP) is 2.54. The number of carbonyl (C=O) groups is 1. The van der Waals surface area contributed by atoms with Crippen LogP contribution >= 0.6 is 11.8 Å². The van der Waals surface area contributed by atoms with Gasteiger partial charge in [-0.2, -0.15) is 0 Å². The summed E-state index contributed by atoms with van der Waals surface area (Å²) in [7, 11) is 0. The third-order valence-corrected chi connectivity index (χ3v) is 2.99. The highest BCUT2D eigenvalue weighted by atomic mass is 32.2. The van der Waals surface area contributed by atoms with Crippen molar-refractivity contribution in [3.05, 3.63) is 30.2 Å². The Labute approximate surface area is 117 Å². The van der Waals surface area contributed by atoms with Crippen LogP contribution in [0, 0.1) is 0 Å². The SMILES string of the molecule is CCOC(=O)c1nnc(Sc2nc3ccccc3o2)o1. The molecule has 0 atom stereocenters. The third-order valence-electron chi connectivity index (χ3n) is 2.31. The van der Waals surface area contributed by atoms with E-state index in [9.17, 15) is 4.79 Å². The second-order valence-electron chi connectivity index (χ2n) is 3.64. The standard InChI is InChI=1S/C12H9N3O4S/c1-2-17-10(16)9-14-15-12(19-9)20-11-13-7-5-3-4-6-8(7)18-11/h3-6H,2H2,1H3. The summed E-state index contributed by atoms with van der Waals surface area (Å²) < 4.78 is 15.4. The molecule has 0 saturated carbocycles. The highest BCUT2D eigenvalue weighted by molar-refractivity contribution is 7.98. The summed E-state index contributed by atoms with van der Waals surface area (Å²) in [5.74, 6) is -0.838. The molecule has 0 radical (unpaired) electrons. The number of aromatic nitrogens is 3. The van der Waals surface area contributed by atoms with Crippen molar-refractivity contribution in [1.82, 2.24) is 15.2 Å². The molecule has 20 heavy (non-hydrogen) atoms. The number of fused-ring (bicyclic) bond motifs is 1. The number of para-hydroxylation sites is 2. The normalized spacial score (nSPS) is 10.8. The van der Waals surface area contributed by atoms with Crippen molar-refractivity contribution in [2.75, 3.05) is 6.61 Å². The highest BCUT2D eigenvalue weighted by Crippen LogP contribution is 2.28. The summed E-state index contributed by atoms with van der Waals surface area (Å²) in [6.45, 7) is 1.94. The Morgan fingerprint density at radius 2 is 2.10 bits per heavy atom. The van der Waals surface area contributed by atoms with E-state index < -0.39 is 5.97 Å². The Balaban J connectivity index is 1.79. The second kappa shape index (κ2) is 5.33. The molecule has 0 aliphatic rings. The number of benzene rings is 1. The van der Waals surface area contributed by atoms with Gasteiger partial charge in [-0.15, -0.1) is 5.10 Å². The molecule has 0 aliphatic carbocycles. The maximum Gasteiger partial charge on any atom is 0.396 e. The number of nitrogens with zero attached hydrogens (tertiary/aromatic N) is 3. The van der Waals surface area contributed by atoms with Crippen molar-refractivity contribution in [2.24, 2.45) is 0 Å². The van der Waals surface area contributed by atoms with Crippen LogP contribution in [-0.2, 0) is 4.74 Å². The molecule has 7 nitrogen and oxygen atoms in total. The molecule has 2 heterocycles. The molecule has 102 valence electrons. The Kier molecular flexibility index (Phi) is 3.38. The number of hydrogen-bond acceptors (Lipinski definition) is 8. The molecule has 0 saturated heterocycles. The van der Waals surface area contributed by atoms with Gasteiger partial charge < -0.3 is 13.6 Å². The first-order valence-corrected chi connectivity index (χ1v) is 6.62. The number of carbonyl (C=O) groups excluding carboxylic acids is 1. The summed E-state index contributed by atoms with van der Waals surface area (Å²) in [5, 5.41) is 7.87. The molecule has 0 aliphatic heterocycles. The molecule has 3 aromatic rings. The number of oxazole rings is 1. The quantitative estimate of drug-likeness (QED) is 0.677. The number of esters is 1. The van der Waals surface area contributed by atoms with E-state index in [-0.39, 0.29) is 17.7 Å². The Bertz CT molecular complexity index is 719. The Hall–Kier alpha value is -2.35. The van der Waals surface area contributed by atoms with Gasteiger partial charge in [-0.3, -0.25) is 0 Å². The van der Waals surface area contributed by atoms with E-state index in [1.807, 2.05) is 24.3 Å². The number of hydrogen-bond donors (Lipinski definition) is 0. The van der Waals surface area contributed by atoms with Gasteiger partial charge in [-0.1, -0.05) is 17.2 Å². The van der Waals surface area contributed by atoms with E-state index in [1.54, 1.807) is 6.92 Å². The van der Waals surface area contributed by atoms with Crippen LogP contribution in [0.2, 0.25) is 0 Å². The van der Waals surface area contributed by atoms with Gasteiger partial charge in [0.25, 0.3) is 10.4 Å². The average molecular weight is 291 g/mol. The van der Waals surface area contributed by atoms with Crippen LogP contribution in [0.1, 0.15) is 17.6 Å². The molecular weight excluding hydrogens is 282 g/mol.